The molecule has 0 spiro atoms. The van der Waals surface area contributed by atoms with Crippen LogP contribution in [0.4, 0.5) is 5.69 Å². The summed E-state index contributed by atoms with van der Waals surface area (Å²) in [4.78, 5) is 22.7. The van der Waals surface area contributed by atoms with Gasteiger partial charge in [-0.15, -0.1) is 0 Å². The number of benzene rings is 2. The van der Waals surface area contributed by atoms with E-state index in [1.165, 1.54) is 24.3 Å². The summed E-state index contributed by atoms with van der Waals surface area (Å²) in [6, 6.07) is 15.0. The lowest BCUT2D eigenvalue weighted by Crippen LogP contribution is -2.31. The molecule has 264 valence electrons. The van der Waals surface area contributed by atoms with Crippen molar-refractivity contribution in [1.29, 1.82) is 0 Å². The highest BCUT2D eigenvalue weighted by molar-refractivity contribution is 7.45. The molecule has 0 saturated carbocycles. The Bertz CT molecular complexity index is 1350. The second-order valence-electron chi connectivity index (χ2n) is 10.4. The van der Waals surface area contributed by atoms with E-state index < -0.39 is 13.4 Å². The highest BCUT2D eigenvalue weighted by Crippen LogP contribution is 2.37. The van der Waals surface area contributed by atoms with Crippen molar-refractivity contribution in [2.45, 2.75) is 72.1 Å². The average molecular weight is 688 g/mol. The fourth-order valence-electron chi connectivity index (χ4n) is 3.68. The number of allylic oxidation sites excluding steroid dienone is 14. The molecular formula is C40H54N3O5P. The number of hydrogen-bond donors (Lipinski definition) is 2. The minimum absolute atomic E-state index is 0.0182. The first-order valence-corrected chi connectivity index (χ1v) is 18.1. The molecule has 2 N–H and O–H groups in total. The van der Waals surface area contributed by atoms with Crippen LogP contribution in [0.2, 0.25) is 0 Å². The van der Waals surface area contributed by atoms with E-state index >= 15 is 0 Å². The molecule has 49 heavy (non-hydrogen) atoms. The molecule has 0 aliphatic carbocycles. The molecule has 2 rings (SSSR count). The van der Waals surface area contributed by atoms with Gasteiger partial charge in [-0.05, 0) is 83.1 Å². The van der Waals surface area contributed by atoms with Crippen molar-refractivity contribution in [3.05, 3.63) is 150 Å². The summed E-state index contributed by atoms with van der Waals surface area (Å²) in [7, 11) is -1.60. The number of carbonyl (C=O) groups excluding carboxylic acids is 1. The third kappa shape index (κ3) is 25.2. The second kappa shape index (κ2) is 30.8. The third-order valence-corrected chi connectivity index (χ3v) is 7.56. The van der Waals surface area contributed by atoms with Gasteiger partial charge in [0.25, 0.3) is 5.69 Å². The first kappa shape index (κ1) is 42.5. The van der Waals surface area contributed by atoms with Crippen LogP contribution in [-0.2, 0) is 4.79 Å². The van der Waals surface area contributed by atoms with Gasteiger partial charge in [-0.1, -0.05) is 110 Å². The molecule has 8 nitrogen and oxygen atoms in total. The maximum atomic E-state index is 12.2. The molecule has 9 heteroatoms. The molecular weight excluding hydrogens is 633 g/mol. The van der Waals surface area contributed by atoms with E-state index in [2.05, 4.69) is 84.2 Å². The van der Waals surface area contributed by atoms with Gasteiger partial charge in [0, 0.05) is 31.6 Å². The Balaban J connectivity index is 0.00000283. The van der Waals surface area contributed by atoms with E-state index in [1.54, 1.807) is 0 Å². The Hall–Kier alpha value is -4.52. The molecule has 0 bridgehead atoms. The minimum atomic E-state index is -1.60. The number of amides is 1. The maximum absolute atomic E-state index is 12.2. The van der Waals surface area contributed by atoms with Crippen LogP contribution < -0.4 is 19.5 Å². The van der Waals surface area contributed by atoms with Crippen molar-refractivity contribution in [2.75, 3.05) is 13.1 Å². The summed E-state index contributed by atoms with van der Waals surface area (Å²) in [5.41, 5.74) is -0.0182. The van der Waals surface area contributed by atoms with Crippen molar-refractivity contribution in [3.63, 3.8) is 0 Å². The van der Waals surface area contributed by atoms with Crippen LogP contribution in [0.15, 0.2) is 140 Å². The van der Waals surface area contributed by atoms with Crippen molar-refractivity contribution in [3.8, 4) is 11.5 Å². The molecule has 0 heterocycles. The zero-order valence-electron chi connectivity index (χ0n) is 29.3. The van der Waals surface area contributed by atoms with E-state index in [1.807, 2.05) is 62.4 Å². The lowest BCUT2D eigenvalue weighted by Gasteiger charge is -2.19. The number of nitro groups is 1. The number of rotatable bonds is 23. The van der Waals surface area contributed by atoms with E-state index in [9.17, 15) is 14.9 Å². The zero-order chi connectivity index (χ0) is 35.6. The quantitative estimate of drug-likeness (QED) is 0.0396. The molecule has 1 atom stereocenters. The summed E-state index contributed by atoms with van der Waals surface area (Å²) in [5.74, 6) is 1.04. The van der Waals surface area contributed by atoms with Crippen molar-refractivity contribution in [2.24, 2.45) is 0 Å². The predicted octanol–water partition coefficient (Wildman–Crippen LogP) is 11.0. The lowest BCUT2D eigenvalue weighted by molar-refractivity contribution is -0.384. The fourth-order valence-corrected chi connectivity index (χ4v) is 4.76. The van der Waals surface area contributed by atoms with Crippen LogP contribution in [-0.4, -0.2) is 23.9 Å². The molecule has 0 radical (unpaired) electrons. The molecule has 0 aromatic heterocycles. The normalized spacial score (nSPS) is 12.5. The topological polar surface area (TPSA) is 103 Å². The fraction of sp³-hybridized carbons (Fsp3) is 0.325. The van der Waals surface area contributed by atoms with Gasteiger partial charge in [-0.2, -0.15) is 0 Å². The highest BCUT2D eigenvalue weighted by Gasteiger charge is 2.16. The summed E-state index contributed by atoms with van der Waals surface area (Å²) in [6.07, 6.45) is 36.8. The van der Waals surface area contributed by atoms with Crippen LogP contribution in [0.3, 0.4) is 0 Å². The van der Waals surface area contributed by atoms with E-state index in [4.69, 9.17) is 9.05 Å². The molecule has 1 unspecified atom stereocenters. The summed E-state index contributed by atoms with van der Waals surface area (Å²) in [5, 5.41) is 17.0. The number of hydrogen-bond acceptors (Lipinski definition) is 6. The first-order chi connectivity index (χ1) is 24.0. The van der Waals surface area contributed by atoms with Gasteiger partial charge in [0.1, 0.15) is 11.5 Å². The van der Waals surface area contributed by atoms with Crippen LogP contribution in [0.1, 0.15) is 72.1 Å². The maximum Gasteiger partial charge on any atom is 0.381 e. The minimum Gasteiger partial charge on any atom is -0.427 e. The lowest BCUT2D eigenvalue weighted by atomic mass is 10.2. The third-order valence-electron chi connectivity index (χ3n) is 6.32. The molecule has 2 aromatic rings. The van der Waals surface area contributed by atoms with Crippen LogP contribution in [0.5, 0.6) is 11.5 Å². The molecule has 0 fully saturated rings. The Kier molecular flexibility index (Phi) is 26.7. The monoisotopic (exact) mass is 687 g/mol. The van der Waals surface area contributed by atoms with Crippen molar-refractivity contribution >= 4 is 20.1 Å². The largest absolute Gasteiger partial charge is 0.427 e. The summed E-state index contributed by atoms with van der Waals surface area (Å²) >= 11 is 0. The number of non-ortho nitro benzene ring substituents is 1. The highest BCUT2D eigenvalue weighted by atomic mass is 31.2. The van der Waals surface area contributed by atoms with Gasteiger partial charge in [0.2, 0.25) is 5.91 Å². The Morgan fingerprint density at radius 2 is 1.16 bits per heavy atom. The number of nitro benzene ring substituents is 1. The van der Waals surface area contributed by atoms with Crippen molar-refractivity contribution in [1.82, 2.24) is 10.4 Å². The van der Waals surface area contributed by atoms with Gasteiger partial charge in [-0.25, -0.2) is 5.09 Å². The molecule has 0 aliphatic heterocycles. The van der Waals surface area contributed by atoms with Crippen LogP contribution in [0, 0.1) is 10.1 Å². The van der Waals surface area contributed by atoms with Gasteiger partial charge < -0.3 is 14.4 Å². The van der Waals surface area contributed by atoms with Crippen LogP contribution >= 0.6 is 8.53 Å². The Morgan fingerprint density at radius 1 is 0.694 bits per heavy atom. The Morgan fingerprint density at radius 3 is 1.63 bits per heavy atom. The summed E-state index contributed by atoms with van der Waals surface area (Å²) in [6.45, 7) is 6.98. The first-order valence-electron chi connectivity index (χ1n) is 16.9. The van der Waals surface area contributed by atoms with Gasteiger partial charge in [-0.3, -0.25) is 14.9 Å². The van der Waals surface area contributed by atoms with Crippen LogP contribution in [0.25, 0.3) is 0 Å². The average Bonchev–Trinajstić information content (AvgIpc) is 3.11. The standard InChI is InChI=1S/C36H46N3O5P.C4H8/c1-2-3-4-5-6-7-8-9-10-11-12-13-14-15-16-17-18-19-23-26-36(40)37-31-32-38-45(43-34-24-21-20-22-25-34)44-35-29-27-33(28-30-35)39(41)42;1-3-4-2/h3-4,6-7,9-10,12-13,15-16,18-22,24-25,27-30,38H,2,5,8,11,14,17,23,26,31-32H2,1H3,(H,37,40);3-4H,1-2H3/b4-3-,7-6-,10-9-,13-12-,16-15-,19-18-;4-3-. The zero-order valence-corrected chi connectivity index (χ0v) is 30.2. The molecule has 2 aromatic carbocycles. The van der Waals surface area contributed by atoms with E-state index in [0.29, 0.717) is 37.4 Å². The van der Waals surface area contributed by atoms with Gasteiger partial charge >= 0.3 is 8.53 Å². The smallest absolute Gasteiger partial charge is 0.381 e. The van der Waals surface area contributed by atoms with E-state index in [-0.39, 0.29) is 11.6 Å². The summed E-state index contributed by atoms with van der Waals surface area (Å²) < 4.78 is 11.8. The number of para-hydroxylation sites is 1. The van der Waals surface area contributed by atoms with Crippen molar-refractivity contribution < 1.29 is 18.8 Å². The molecule has 0 aliphatic rings. The number of nitrogens with one attached hydrogen (secondary N) is 2. The molecule has 0 saturated heterocycles. The van der Waals surface area contributed by atoms with Gasteiger partial charge in [0.15, 0.2) is 0 Å². The number of nitrogens with zero attached hydrogens (tertiary/aromatic N) is 1. The van der Waals surface area contributed by atoms with Gasteiger partial charge in [0.05, 0.1) is 4.92 Å². The second-order valence-corrected chi connectivity index (χ2v) is 11.6. The SMILES string of the molecule is C/C=C\C.CC/C=C\C/C=C\C/C=C\C/C=C\C/C=C\C/C=C\CCC(=O)NCCNP(Oc1ccccc1)Oc1ccc([N+](=O)[O-])cc1. The molecule has 1 amide bonds. The Labute approximate surface area is 295 Å². The predicted molar refractivity (Wildman–Crippen MR) is 207 cm³/mol. The number of carbonyl (C=O) groups is 1. The van der Waals surface area contributed by atoms with E-state index in [0.717, 1.165) is 38.5 Å².